The van der Waals surface area contributed by atoms with Crippen LogP contribution >= 0.6 is 11.6 Å². The van der Waals surface area contributed by atoms with E-state index in [-0.39, 0.29) is 6.04 Å². The lowest BCUT2D eigenvalue weighted by molar-refractivity contribution is 0.465. The second-order valence-corrected chi connectivity index (χ2v) is 4.87. The second kappa shape index (κ2) is 5.32. The Morgan fingerprint density at radius 1 is 1.11 bits per heavy atom. The molecule has 0 radical (unpaired) electrons. The molecule has 3 heteroatoms. The van der Waals surface area contributed by atoms with Gasteiger partial charge in [-0.25, -0.2) is 0 Å². The van der Waals surface area contributed by atoms with E-state index < -0.39 is 0 Å². The first kappa shape index (κ1) is 12.8. The van der Waals surface area contributed by atoms with Crippen LogP contribution in [0.4, 0.5) is 5.69 Å². The van der Waals surface area contributed by atoms with Crippen molar-refractivity contribution in [3.63, 3.8) is 0 Å². The third kappa shape index (κ3) is 2.96. The Balaban J connectivity index is 2.18. The van der Waals surface area contributed by atoms with Gasteiger partial charge in [-0.1, -0.05) is 29.3 Å². The van der Waals surface area contributed by atoms with Gasteiger partial charge in [-0.15, -0.1) is 0 Å². The number of aromatic hydroxyl groups is 1. The maximum Gasteiger partial charge on any atom is 0.120 e. The summed E-state index contributed by atoms with van der Waals surface area (Å²) in [6.45, 7) is 4.03. The van der Waals surface area contributed by atoms with Crippen molar-refractivity contribution in [2.75, 3.05) is 5.32 Å². The number of hydrogen-bond donors (Lipinski definition) is 2. The highest BCUT2D eigenvalue weighted by atomic mass is 35.5. The highest BCUT2D eigenvalue weighted by Crippen LogP contribution is 2.28. The first-order valence-corrected chi connectivity index (χ1v) is 6.25. The molecule has 0 saturated heterocycles. The van der Waals surface area contributed by atoms with E-state index in [0.29, 0.717) is 10.8 Å². The Hall–Kier alpha value is -1.67. The lowest BCUT2D eigenvalue weighted by atomic mass is 10.0. The number of phenolic OH excluding ortho intramolecular Hbond substituents is 1. The van der Waals surface area contributed by atoms with Crippen LogP contribution in [0.25, 0.3) is 0 Å². The molecule has 0 aliphatic heterocycles. The predicted octanol–water partition coefficient (Wildman–Crippen LogP) is 4.53. The molecule has 0 spiro atoms. The van der Waals surface area contributed by atoms with Crippen LogP contribution in [0.3, 0.4) is 0 Å². The van der Waals surface area contributed by atoms with Crippen molar-refractivity contribution in [1.29, 1.82) is 0 Å². The van der Waals surface area contributed by atoms with Crippen molar-refractivity contribution in [3.05, 3.63) is 58.6 Å². The predicted molar refractivity (Wildman–Crippen MR) is 76.3 cm³/mol. The number of hydrogen-bond acceptors (Lipinski definition) is 2. The van der Waals surface area contributed by atoms with Crippen LogP contribution in [-0.4, -0.2) is 5.11 Å². The summed E-state index contributed by atoms with van der Waals surface area (Å²) < 4.78 is 0. The third-order valence-corrected chi connectivity index (χ3v) is 3.13. The first-order chi connectivity index (χ1) is 8.56. The maximum absolute atomic E-state index is 9.87. The summed E-state index contributed by atoms with van der Waals surface area (Å²) in [5.74, 6) is 0.314. The average Bonchev–Trinajstić information content (AvgIpc) is 2.35. The molecule has 0 saturated carbocycles. The largest absolute Gasteiger partial charge is 0.508 e. The van der Waals surface area contributed by atoms with Crippen molar-refractivity contribution >= 4 is 17.3 Å². The van der Waals surface area contributed by atoms with Gasteiger partial charge in [0, 0.05) is 16.3 Å². The maximum atomic E-state index is 9.87. The average molecular weight is 262 g/mol. The van der Waals surface area contributed by atoms with E-state index in [1.807, 2.05) is 50.2 Å². The summed E-state index contributed by atoms with van der Waals surface area (Å²) in [6, 6.07) is 13.2. The van der Waals surface area contributed by atoms with Crippen molar-refractivity contribution in [3.8, 4) is 5.75 Å². The Labute approximate surface area is 112 Å². The number of benzene rings is 2. The Morgan fingerprint density at radius 3 is 2.44 bits per heavy atom. The molecule has 2 aromatic rings. The molecule has 1 unspecified atom stereocenters. The van der Waals surface area contributed by atoms with Crippen molar-refractivity contribution in [1.82, 2.24) is 0 Å². The number of rotatable bonds is 3. The van der Waals surface area contributed by atoms with Gasteiger partial charge < -0.3 is 10.4 Å². The molecule has 2 rings (SSSR count). The van der Waals surface area contributed by atoms with Crippen LogP contribution in [0.5, 0.6) is 5.75 Å². The number of phenols is 1. The normalized spacial score (nSPS) is 12.2. The van der Waals surface area contributed by atoms with Gasteiger partial charge in [0.05, 0.1) is 6.04 Å². The summed E-state index contributed by atoms with van der Waals surface area (Å²) in [6.07, 6.45) is 0. The van der Waals surface area contributed by atoms with E-state index in [1.54, 1.807) is 6.07 Å². The SMILES string of the molecule is Cc1ccc(O)c(C(C)Nc2ccc(Cl)cc2)c1. The molecule has 0 aromatic heterocycles. The molecule has 0 aliphatic carbocycles. The molecule has 2 nitrogen and oxygen atoms in total. The van der Waals surface area contributed by atoms with Crippen LogP contribution in [-0.2, 0) is 0 Å². The fraction of sp³-hybridized carbons (Fsp3) is 0.200. The molecule has 0 bridgehead atoms. The zero-order valence-corrected chi connectivity index (χ0v) is 11.2. The van der Waals surface area contributed by atoms with E-state index in [0.717, 1.165) is 16.8 Å². The van der Waals surface area contributed by atoms with E-state index in [9.17, 15) is 5.11 Å². The number of anilines is 1. The van der Waals surface area contributed by atoms with E-state index in [2.05, 4.69) is 5.32 Å². The smallest absolute Gasteiger partial charge is 0.120 e. The summed E-state index contributed by atoms with van der Waals surface area (Å²) in [4.78, 5) is 0. The molecule has 2 aromatic carbocycles. The molecular weight excluding hydrogens is 246 g/mol. The molecular formula is C15H16ClNO. The van der Waals surface area contributed by atoms with Crippen LogP contribution in [0.15, 0.2) is 42.5 Å². The molecule has 1 atom stereocenters. The van der Waals surface area contributed by atoms with Gasteiger partial charge in [0.2, 0.25) is 0 Å². The van der Waals surface area contributed by atoms with Crippen LogP contribution in [0.2, 0.25) is 5.02 Å². The molecule has 2 N–H and O–H groups in total. The third-order valence-electron chi connectivity index (χ3n) is 2.88. The molecule has 0 fully saturated rings. The first-order valence-electron chi connectivity index (χ1n) is 5.88. The minimum atomic E-state index is 0.0334. The summed E-state index contributed by atoms with van der Waals surface area (Å²) in [5, 5.41) is 13.9. The zero-order valence-electron chi connectivity index (χ0n) is 10.4. The fourth-order valence-electron chi connectivity index (χ4n) is 1.89. The molecule has 0 amide bonds. The van der Waals surface area contributed by atoms with E-state index >= 15 is 0 Å². The van der Waals surface area contributed by atoms with Crippen molar-refractivity contribution in [2.45, 2.75) is 19.9 Å². The fourth-order valence-corrected chi connectivity index (χ4v) is 2.02. The summed E-state index contributed by atoms with van der Waals surface area (Å²) in [5.41, 5.74) is 3.00. The van der Waals surface area contributed by atoms with Crippen LogP contribution in [0, 0.1) is 6.92 Å². The Bertz CT molecular complexity index is 537. The number of nitrogens with one attached hydrogen (secondary N) is 1. The van der Waals surface area contributed by atoms with Gasteiger partial charge in [0.25, 0.3) is 0 Å². The van der Waals surface area contributed by atoms with Crippen molar-refractivity contribution in [2.24, 2.45) is 0 Å². The second-order valence-electron chi connectivity index (χ2n) is 4.44. The lowest BCUT2D eigenvalue weighted by Crippen LogP contribution is -2.06. The molecule has 18 heavy (non-hydrogen) atoms. The van der Waals surface area contributed by atoms with E-state index in [1.165, 1.54) is 0 Å². The van der Waals surface area contributed by atoms with Gasteiger partial charge in [0.1, 0.15) is 5.75 Å². The van der Waals surface area contributed by atoms with Crippen LogP contribution in [0.1, 0.15) is 24.1 Å². The lowest BCUT2D eigenvalue weighted by Gasteiger charge is -2.17. The van der Waals surface area contributed by atoms with E-state index in [4.69, 9.17) is 11.6 Å². The molecule has 94 valence electrons. The number of halogens is 1. The highest BCUT2D eigenvalue weighted by molar-refractivity contribution is 6.30. The standard InChI is InChI=1S/C15H16ClNO/c1-10-3-8-15(18)14(9-10)11(2)17-13-6-4-12(16)5-7-13/h3-9,11,17-18H,1-2H3. The Morgan fingerprint density at radius 2 is 1.78 bits per heavy atom. The van der Waals surface area contributed by atoms with Gasteiger partial charge in [-0.2, -0.15) is 0 Å². The monoisotopic (exact) mass is 261 g/mol. The molecule has 0 aliphatic rings. The summed E-state index contributed by atoms with van der Waals surface area (Å²) in [7, 11) is 0. The summed E-state index contributed by atoms with van der Waals surface area (Å²) >= 11 is 5.84. The minimum Gasteiger partial charge on any atom is -0.508 e. The number of aryl methyl sites for hydroxylation is 1. The molecule has 0 heterocycles. The quantitative estimate of drug-likeness (QED) is 0.851. The van der Waals surface area contributed by atoms with Crippen LogP contribution < -0.4 is 5.32 Å². The van der Waals surface area contributed by atoms with Crippen molar-refractivity contribution < 1.29 is 5.11 Å². The highest BCUT2D eigenvalue weighted by Gasteiger charge is 2.10. The van der Waals surface area contributed by atoms with Gasteiger partial charge in [-0.3, -0.25) is 0 Å². The minimum absolute atomic E-state index is 0.0334. The Kier molecular flexibility index (Phi) is 3.78. The van der Waals surface area contributed by atoms with Gasteiger partial charge >= 0.3 is 0 Å². The van der Waals surface area contributed by atoms with Gasteiger partial charge in [-0.05, 0) is 44.2 Å². The van der Waals surface area contributed by atoms with Gasteiger partial charge in [0.15, 0.2) is 0 Å². The topological polar surface area (TPSA) is 32.3 Å². The zero-order chi connectivity index (χ0) is 13.1.